The number of carbonyl (C=O) groups is 1. The highest BCUT2D eigenvalue weighted by molar-refractivity contribution is 5.91. The van der Waals surface area contributed by atoms with Gasteiger partial charge in [0.05, 0.1) is 23.8 Å². The molecular formula is C9H10N4O2. The molecule has 0 aromatic carbocycles. The average Bonchev–Trinajstić information content (AvgIpc) is 2.74. The molecule has 0 saturated heterocycles. The van der Waals surface area contributed by atoms with E-state index in [9.17, 15) is 4.79 Å². The maximum Gasteiger partial charge on any atom is 0.334 e. The number of hydrogen-bond donors (Lipinski definition) is 1. The molecule has 6 heteroatoms. The Morgan fingerprint density at radius 2 is 2.27 bits per heavy atom. The Hall–Kier alpha value is -2.11. The van der Waals surface area contributed by atoms with Crippen LogP contribution in [0.2, 0.25) is 0 Å². The molecular weight excluding hydrogens is 196 g/mol. The standard InChI is InChI=1S/C9H10N4O2/c1-5-3-11-8(15-5)9(14)13-4-7(10)6(2)12-13/h3-4H,10H2,1-2H3. The van der Waals surface area contributed by atoms with Crippen molar-refractivity contribution in [3.63, 3.8) is 0 Å². The molecule has 0 radical (unpaired) electrons. The maximum atomic E-state index is 11.7. The number of carbonyl (C=O) groups excluding carboxylic acids is 1. The van der Waals surface area contributed by atoms with E-state index in [2.05, 4.69) is 10.1 Å². The number of hydrogen-bond acceptors (Lipinski definition) is 5. The van der Waals surface area contributed by atoms with Crippen LogP contribution in [0, 0.1) is 13.8 Å². The topological polar surface area (TPSA) is 86.9 Å². The van der Waals surface area contributed by atoms with Crippen LogP contribution in [0.5, 0.6) is 0 Å². The molecule has 0 fully saturated rings. The Balaban J connectivity index is 2.36. The minimum absolute atomic E-state index is 0.00926. The molecule has 0 aliphatic carbocycles. The summed E-state index contributed by atoms with van der Waals surface area (Å²) in [6.45, 7) is 3.44. The molecule has 0 aliphatic rings. The molecule has 2 aromatic heterocycles. The maximum absolute atomic E-state index is 11.7. The second-order valence-electron chi connectivity index (χ2n) is 3.20. The molecule has 2 aromatic rings. The number of aromatic nitrogens is 3. The van der Waals surface area contributed by atoms with E-state index in [4.69, 9.17) is 10.2 Å². The van der Waals surface area contributed by atoms with Crippen LogP contribution in [0.15, 0.2) is 16.8 Å². The molecule has 6 nitrogen and oxygen atoms in total. The summed E-state index contributed by atoms with van der Waals surface area (Å²) in [7, 11) is 0. The van der Waals surface area contributed by atoms with E-state index in [0.717, 1.165) is 4.68 Å². The second kappa shape index (κ2) is 3.23. The van der Waals surface area contributed by atoms with Gasteiger partial charge in [0.25, 0.3) is 5.89 Å². The van der Waals surface area contributed by atoms with Crippen molar-refractivity contribution in [2.24, 2.45) is 0 Å². The minimum atomic E-state index is -0.428. The lowest BCUT2D eigenvalue weighted by Gasteiger charge is -1.93. The number of oxazole rings is 1. The van der Waals surface area contributed by atoms with Gasteiger partial charge in [-0.3, -0.25) is 4.79 Å². The zero-order valence-electron chi connectivity index (χ0n) is 8.39. The molecule has 2 rings (SSSR count). The van der Waals surface area contributed by atoms with E-state index in [1.54, 1.807) is 13.8 Å². The van der Waals surface area contributed by atoms with Gasteiger partial charge >= 0.3 is 5.91 Å². The molecule has 0 saturated carbocycles. The Morgan fingerprint density at radius 3 is 2.73 bits per heavy atom. The zero-order chi connectivity index (χ0) is 11.0. The predicted octanol–water partition coefficient (Wildman–Crippen LogP) is 0.759. The summed E-state index contributed by atoms with van der Waals surface area (Å²) >= 11 is 0. The lowest BCUT2D eigenvalue weighted by Crippen LogP contribution is -2.12. The van der Waals surface area contributed by atoms with Crippen LogP contribution < -0.4 is 5.73 Å². The molecule has 2 heterocycles. The van der Waals surface area contributed by atoms with E-state index in [1.807, 2.05) is 0 Å². The van der Waals surface area contributed by atoms with Gasteiger partial charge in [-0.05, 0) is 13.8 Å². The van der Waals surface area contributed by atoms with Crippen LogP contribution in [0.1, 0.15) is 22.1 Å². The van der Waals surface area contributed by atoms with Gasteiger partial charge in [-0.15, -0.1) is 0 Å². The molecule has 0 unspecified atom stereocenters. The van der Waals surface area contributed by atoms with Gasteiger partial charge in [0.15, 0.2) is 0 Å². The highest BCUT2D eigenvalue weighted by Crippen LogP contribution is 2.09. The third-order valence-corrected chi connectivity index (χ3v) is 1.95. The van der Waals surface area contributed by atoms with Crippen molar-refractivity contribution >= 4 is 11.6 Å². The Kier molecular flexibility index (Phi) is 2.03. The first-order valence-electron chi connectivity index (χ1n) is 4.37. The zero-order valence-corrected chi connectivity index (χ0v) is 8.39. The molecule has 78 valence electrons. The van der Waals surface area contributed by atoms with Gasteiger partial charge in [-0.1, -0.05) is 0 Å². The monoisotopic (exact) mass is 206 g/mol. The highest BCUT2D eigenvalue weighted by atomic mass is 16.4. The summed E-state index contributed by atoms with van der Waals surface area (Å²) in [5.74, 6) is 0.160. The van der Waals surface area contributed by atoms with Gasteiger partial charge in [0.2, 0.25) is 0 Å². The first-order valence-corrected chi connectivity index (χ1v) is 4.37. The summed E-state index contributed by atoms with van der Waals surface area (Å²) < 4.78 is 6.21. The summed E-state index contributed by atoms with van der Waals surface area (Å²) in [5, 5.41) is 3.94. The summed E-state index contributed by atoms with van der Waals surface area (Å²) in [6.07, 6.45) is 2.92. The van der Waals surface area contributed by atoms with E-state index >= 15 is 0 Å². The molecule has 2 N–H and O–H groups in total. The molecule has 0 bridgehead atoms. The fraction of sp³-hybridized carbons (Fsp3) is 0.222. The highest BCUT2D eigenvalue weighted by Gasteiger charge is 2.16. The molecule has 0 amide bonds. The molecule has 0 atom stereocenters. The van der Waals surface area contributed by atoms with Crippen LogP contribution >= 0.6 is 0 Å². The Labute approximate surface area is 85.7 Å². The Morgan fingerprint density at radius 1 is 1.53 bits per heavy atom. The van der Waals surface area contributed by atoms with Crippen molar-refractivity contribution < 1.29 is 9.21 Å². The normalized spacial score (nSPS) is 10.5. The Bertz CT molecular complexity index is 492. The van der Waals surface area contributed by atoms with Crippen molar-refractivity contribution in [2.75, 3.05) is 5.73 Å². The van der Waals surface area contributed by atoms with Crippen LogP contribution in [-0.4, -0.2) is 20.7 Å². The number of nitrogens with two attached hydrogens (primary N) is 1. The molecule has 0 aliphatic heterocycles. The second-order valence-corrected chi connectivity index (χ2v) is 3.20. The molecule has 15 heavy (non-hydrogen) atoms. The number of nitrogen functional groups attached to an aromatic ring is 1. The average molecular weight is 206 g/mol. The van der Waals surface area contributed by atoms with E-state index < -0.39 is 5.91 Å². The van der Waals surface area contributed by atoms with Gasteiger partial charge in [-0.2, -0.15) is 9.78 Å². The SMILES string of the molecule is Cc1cnc(C(=O)n2cc(N)c(C)n2)o1. The van der Waals surface area contributed by atoms with Crippen molar-refractivity contribution in [2.45, 2.75) is 13.8 Å². The lowest BCUT2D eigenvalue weighted by molar-refractivity contribution is 0.0908. The van der Waals surface area contributed by atoms with Crippen molar-refractivity contribution in [3.05, 3.63) is 29.7 Å². The van der Waals surface area contributed by atoms with Crippen LogP contribution in [0.4, 0.5) is 5.69 Å². The fourth-order valence-electron chi connectivity index (χ4n) is 1.13. The van der Waals surface area contributed by atoms with E-state index in [-0.39, 0.29) is 5.89 Å². The number of aryl methyl sites for hydroxylation is 2. The smallest absolute Gasteiger partial charge is 0.334 e. The van der Waals surface area contributed by atoms with Gasteiger partial charge in [-0.25, -0.2) is 4.98 Å². The summed E-state index contributed by atoms with van der Waals surface area (Å²) in [5.41, 5.74) is 6.64. The van der Waals surface area contributed by atoms with E-state index in [0.29, 0.717) is 17.1 Å². The quantitative estimate of drug-likeness (QED) is 0.744. The largest absolute Gasteiger partial charge is 0.438 e. The fourth-order valence-corrected chi connectivity index (χ4v) is 1.13. The van der Waals surface area contributed by atoms with Crippen LogP contribution in [0.25, 0.3) is 0 Å². The minimum Gasteiger partial charge on any atom is -0.438 e. The third kappa shape index (κ3) is 1.61. The summed E-state index contributed by atoms with van der Waals surface area (Å²) in [6, 6.07) is 0. The van der Waals surface area contributed by atoms with Crippen LogP contribution in [-0.2, 0) is 0 Å². The van der Waals surface area contributed by atoms with Crippen LogP contribution in [0.3, 0.4) is 0 Å². The first kappa shape index (κ1) is 9.45. The van der Waals surface area contributed by atoms with Crippen molar-refractivity contribution in [1.82, 2.24) is 14.8 Å². The first-order chi connectivity index (χ1) is 7.08. The van der Waals surface area contributed by atoms with Gasteiger partial charge in [0, 0.05) is 0 Å². The van der Waals surface area contributed by atoms with Crippen molar-refractivity contribution in [1.29, 1.82) is 0 Å². The lowest BCUT2D eigenvalue weighted by atomic mass is 10.4. The predicted molar refractivity (Wildman–Crippen MR) is 52.3 cm³/mol. The van der Waals surface area contributed by atoms with Crippen molar-refractivity contribution in [3.8, 4) is 0 Å². The van der Waals surface area contributed by atoms with Gasteiger partial charge < -0.3 is 10.2 Å². The summed E-state index contributed by atoms with van der Waals surface area (Å²) in [4.78, 5) is 15.5. The third-order valence-electron chi connectivity index (χ3n) is 1.95. The molecule has 0 spiro atoms. The van der Waals surface area contributed by atoms with E-state index in [1.165, 1.54) is 12.4 Å². The number of anilines is 1. The number of nitrogens with zero attached hydrogens (tertiary/aromatic N) is 3. The number of rotatable bonds is 1. The van der Waals surface area contributed by atoms with Gasteiger partial charge in [0.1, 0.15) is 5.76 Å².